The van der Waals surface area contributed by atoms with E-state index in [0.29, 0.717) is 17.5 Å². The van der Waals surface area contributed by atoms with Crippen molar-refractivity contribution in [2.75, 3.05) is 0 Å². The highest BCUT2D eigenvalue weighted by atomic mass is 79.9. The van der Waals surface area contributed by atoms with E-state index < -0.39 is 0 Å². The Hall–Kier alpha value is -0.880. The van der Waals surface area contributed by atoms with E-state index >= 15 is 0 Å². The zero-order valence-corrected chi connectivity index (χ0v) is 13.8. The molecular formula is C14H18BrClN4. The lowest BCUT2D eigenvalue weighted by molar-refractivity contribution is 0.507. The molecule has 0 amide bonds. The number of hydrogen-bond acceptors (Lipinski definition) is 3. The van der Waals surface area contributed by atoms with Gasteiger partial charge in [-0.05, 0) is 47.5 Å². The van der Waals surface area contributed by atoms with Gasteiger partial charge in [0.05, 0.1) is 16.8 Å². The van der Waals surface area contributed by atoms with Gasteiger partial charge in [0.25, 0.3) is 0 Å². The van der Waals surface area contributed by atoms with Gasteiger partial charge in [0, 0.05) is 23.1 Å². The molecule has 1 heterocycles. The second kappa shape index (κ2) is 6.72. The van der Waals surface area contributed by atoms with Crippen LogP contribution in [0, 0.1) is 0 Å². The molecule has 0 aliphatic rings. The van der Waals surface area contributed by atoms with Gasteiger partial charge in [0.15, 0.2) is 0 Å². The van der Waals surface area contributed by atoms with Gasteiger partial charge < -0.3 is 0 Å². The summed E-state index contributed by atoms with van der Waals surface area (Å²) < 4.78 is 2.80. The van der Waals surface area contributed by atoms with Crippen molar-refractivity contribution in [3.8, 4) is 0 Å². The molecule has 20 heavy (non-hydrogen) atoms. The summed E-state index contributed by atoms with van der Waals surface area (Å²) >= 11 is 9.75. The molecule has 1 aromatic carbocycles. The Morgan fingerprint density at radius 2 is 2.15 bits per heavy atom. The van der Waals surface area contributed by atoms with Crippen LogP contribution in [-0.4, -0.2) is 9.78 Å². The number of halogens is 2. The fourth-order valence-electron chi connectivity index (χ4n) is 2.03. The van der Waals surface area contributed by atoms with E-state index in [2.05, 4.69) is 40.3 Å². The van der Waals surface area contributed by atoms with Gasteiger partial charge in [-0.1, -0.05) is 23.7 Å². The van der Waals surface area contributed by atoms with E-state index in [9.17, 15) is 0 Å². The minimum absolute atomic E-state index is 0.0736. The van der Waals surface area contributed by atoms with Crippen molar-refractivity contribution < 1.29 is 0 Å². The van der Waals surface area contributed by atoms with Crippen LogP contribution in [0.2, 0.25) is 5.02 Å². The normalized spacial score (nSPS) is 12.9. The molecule has 4 nitrogen and oxygen atoms in total. The highest BCUT2D eigenvalue weighted by Crippen LogP contribution is 2.31. The maximum absolute atomic E-state index is 6.32. The van der Waals surface area contributed by atoms with E-state index in [1.165, 1.54) is 0 Å². The Bertz CT molecular complexity index is 582. The number of nitrogens with one attached hydrogen (secondary N) is 1. The average Bonchev–Trinajstić information content (AvgIpc) is 2.88. The fourth-order valence-corrected chi connectivity index (χ4v) is 2.67. The second-order valence-corrected chi connectivity index (χ2v) is 6.18. The molecule has 1 aromatic heterocycles. The molecule has 0 fully saturated rings. The third-order valence-corrected chi connectivity index (χ3v) is 4.47. The lowest BCUT2D eigenvalue weighted by Gasteiger charge is -2.17. The predicted octanol–water partition coefficient (Wildman–Crippen LogP) is 3.63. The van der Waals surface area contributed by atoms with Crippen LogP contribution in [0.4, 0.5) is 0 Å². The largest absolute Gasteiger partial charge is 0.271 e. The molecule has 0 radical (unpaired) electrons. The Morgan fingerprint density at radius 3 is 2.75 bits per heavy atom. The van der Waals surface area contributed by atoms with Crippen molar-refractivity contribution >= 4 is 27.5 Å². The lowest BCUT2D eigenvalue weighted by Crippen LogP contribution is -2.30. The van der Waals surface area contributed by atoms with Gasteiger partial charge in [0.2, 0.25) is 0 Å². The van der Waals surface area contributed by atoms with Crippen LogP contribution in [0.25, 0.3) is 0 Å². The van der Waals surface area contributed by atoms with Gasteiger partial charge in [0.1, 0.15) is 0 Å². The summed E-state index contributed by atoms with van der Waals surface area (Å²) in [6, 6.07) is 8.11. The summed E-state index contributed by atoms with van der Waals surface area (Å²) in [6.45, 7) is 4.20. The molecule has 1 atom stereocenters. The summed E-state index contributed by atoms with van der Waals surface area (Å²) in [5.41, 5.74) is 4.76. The van der Waals surface area contributed by atoms with Crippen LogP contribution in [-0.2, 0) is 6.42 Å². The van der Waals surface area contributed by atoms with Crippen molar-refractivity contribution in [1.82, 2.24) is 15.2 Å². The summed E-state index contributed by atoms with van der Waals surface area (Å²) in [5, 5.41) is 5.22. The molecule has 3 N–H and O–H groups in total. The number of aromatic nitrogens is 2. The van der Waals surface area contributed by atoms with Gasteiger partial charge in [-0.2, -0.15) is 5.10 Å². The second-order valence-electron chi connectivity index (χ2n) is 4.95. The molecule has 0 saturated heterocycles. The monoisotopic (exact) mass is 356 g/mol. The molecule has 0 spiro atoms. The molecule has 2 aromatic rings. The molecule has 1 unspecified atom stereocenters. The molecule has 2 rings (SSSR count). The van der Waals surface area contributed by atoms with Crippen molar-refractivity contribution in [3.05, 3.63) is 51.2 Å². The summed E-state index contributed by atoms with van der Waals surface area (Å²) in [4.78, 5) is 0. The van der Waals surface area contributed by atoms with Crippen molar-refractivity contribution in [2.45, 2.75) is 32.4 Å². The first-order chi connectivity index (χ1) is 9.52. The number of rotatable bonds is 5. The summed E-state index contributed by atoms with van der Waals surface area (Å²) in [7, 11) is 0. The maximum atomic E-state index is 6.32. The van der Waals surface area contributed by atoms with Crippen molar-refractivity contribution in [3.63, 3.8) is 0 Å². The van der Waals surface area contributed by atoms with Crippen LogP contribution in [0.3, 0.4) is 0 Å². The molecule has 6 heteroatoms. The third kappa shape index (κ3) is 3.41. The highest BCUT2D eigenvalue weighted by Gasteiger charge is 2.17. The van der Waals surface area contributed by atoms with Gasteiger partial charge in [-0.25, -0.2) is 0 Å². The van der Waals surface area contributed by atoms with Crippen molar-refractivity contribution in [1.29, 1.82) is 0 Å². The van der Waals surface area contributed by atoms with Crippen LogP contribution in [0.1, 0.15) is 37.2 Å². The van der Waals surface area contributed by atoms with Crippen LogP contribution in [0.15, 0.2) is 34.9 Å². The summed E-state index contributed by atoms with van der Waals surface area (Å²) in [5.74, 6) is 5.68. The Labute approximate surface area is 132 Å². The highest BCUT2D eigenvalue weighted by molar-refractivity contribution is 9.10. The first-order valence-electron chi connectivity index (χ1n) is 6.47. The van der Waals surface area contributed by atoms with E-state index in [-0.39, 0.29) is 6.04 Å². The fraction of sp³-hybridized carbons (Fsp3) is 0.357. The third-order valence-electron chi connectivity index (χ3n) is 3.16. The molecule has 0 aliphatic carbocycles. The zero-order valence-electron chi connectivity index (χ0n) is 11.5. The first kappa shape index (κ1) is 15.5. The lowest BCUT2D eigenvalue weighted by atomic mass is 10.0. The standard InChI is InChI=1S/C14H18BrClN4/c1-9(2)20-7-6-10(19-20)8-13(18-17)11-4-3-5-12(15)14(11)16/h3-7,9,13,18H,8,17H2,1-2H3. The molecule has 0 saturated carbocycles. The predicted molar refractivity (Wildman–Crippen MR) is 85.5 cm³/mol. The minimum Gasteiger partial charge on any atom is -0.271 e. The Morgan fingerprint density at radius 1 is 1.40 bits per heavy atom. The van der Waals surface area contributed by atoms with Crippen molar-refractivity contribution in [2.24, 2.45) is 5.84 Å². The first-order valence-corrected chi connectivity index (χ1v) is 7.64. The van der Waals surface area contributed by atoms with E-state index in [4.69, 9.17) is 17.4 Å². The molecule has 108 valence electrons. The number of hydrogen-bond donors (Lipinski definition) is 2. The van der Waals surface area contributed by atoms with Crippen LogP contribution >= 0.6 is 27.5 Å². The molecular weight excluding hydrogens is 340 g/mol. The smallest absolute Gasteiger partial charge is 0.0644 e. The Kier molecular flexibility index (Phi) is 5.21. The number of nitrogens with two attached hydrogens (primary N) is 1. The van der Waals surface area contributed by atoms with Gasteiger partial charge in [-0.3, -0.25) is 16.0 Å². The van der Waals surface area contributed by atoms with E-state index in [0.717, 1.165) is 15.7 Å². The average molecular weight is 358 g/mol. The number of benzene rings is 1. The van der Waals surface area contributed by atoms with Crippen LogP contribution in [0.5, 0.6) is 0 Å². The minimum atomic E-state index is -0.0736. The number of nitrogens with zero attached hydrogens (tertiary/aromatic N) is 2. The molecule has 0 aliphatic heterocycles. The van der Waals surface area contributed by atoms with Gasteiger partial charge >= 0.3 is 0 Å². The van der Waals surface area contributed by atoms with E-state index in [1.807, 2.05) is 35.1 Å². The quantitative estimate of drug-likeness (QED) is 0.634. The van der Waals surface area contributed by atoms with Gasteiger partial charge in [-0.15, -0.1) is 0 Å². The maximum Gasteiger partial charge on any atom is 0.0644 e. The Balaban J connectivity index is 2.22. The van der Waals surface area contributed by atoms with Crippen LogP contribution < -0.4 is 11.3 Å². The molecule has 0 bridgehead atoms. The van der Waals surface area contributed by atoms with E-state index in [1.54, 1.807) is 0 Å². The summed E-state index contributed by atoms with van der Waals surface area (Å²) in [6.07, 6.45) is 2.67. The number of hydrazine groups is 1. The zero-order chi connectivity index (χ0) is 14.7. The topological polar surface area (TPSA) is 55.9 Å². The SMILES string of the molecule is CC(C)n1ccc(CC(NN)c2cccc(Br)c2Cl)n1.